The lowest BCUT2D eigenvalue weighted by molar-refractivity contribution is -0.117. The van der Waals surface area contributed by atoms with Crippen LogP contribution >= 0.6 is 0 Å². The Balaban J connectivity index is 1.57. The third kappa shape index (κ3) is 2.86. The van der Waals surface area contributed by atoms with E-state index in [1.54, 1.807) is 17.2 Å². The molecule has 25 heavy (non-hydrogen) atoms. The first-order valence-corrected chi connectivity index (χ1v) is 8.11. The first-order chi connectivity index (χ1) is 12.3. The number of nitrogens with one attached hydrogen (secondary N) is 1. The Kier molecular flexibility index (Phi) is 3.93. The molecule has 3 aromatic rings. The van der Waals surface area contributed by atoms with E-state index in [1.165, 1.54) is 0 Å². The van der Waals surface area contributed by atoms with E-state index in [4.69, 9.17) is 9.26 Å². The molecule has 0 spiro atoms. The molecule has 0 bridgehead atoms. The molecule has 0 saturated carbocycles. The Hall–Kier alpha value is -3.16. The highest BCUT2D eigenvalue weighted by atomic mass is 16.5. The molecule has 1 saturated heterocycles. The van der Waals surface area contributed by atoms with Crippen LogP contribution in [0.2, 0.25) is 0 Å². The zero-order valence-corrected chi connectivity index (χ0v) is 13.7. The van der Waals surface area contributed by atoms with E-state index < -0.39 is 0 Å². The monoisotopic (exact) mass is 339 g/mol. The average molecular weight is 339 g/mol. The van der Waals surface area contributed by atoms with Gasteiger partial charge in [0.25, 0.3) is 0 Å². The molecule has 1 unspecified atom stereocenters. The minimum Gasteiger partial charge on any atom is -0.492 e. The summed E-state index contributed by atoms with van der Waals surface area (Å²) in [5.41, 5.74) is 1.45. The van der Waals surface area contributed by atoms with E-state index in [2.05, 4.69) is 20.3 Å². The Morgan fingerprint density at radius 1 is 1.36 bits per heavy atom. The number of amides is 1. The van der Waals surface area contributed by atoms with Crippen LogP contribution in [0, 0.1) is 0 Å². The van der Waals surface area contributed by atoms with Crippen LogP contribution < -0.4 is 9.64 Å². The second kappa shape index (κ2) is 6.39. The van der Waals surface area contributed by atoms with Crippen LogP contribution in [-0.4, -0.2) is 39.4 Å². The lowest BCUT2D eigenvalue weighted by Crippen LogP contribution is -2.25. The Labute approximate surface area is 143 Å². The van der Waals surface area contributed by atoms with Crippen molar-refractivity contribution < 1.29 is 14.1 Å². The van der Waals surface area contributed by atoms with Crippen molar-refractivity contribution >= 4 is 11.6 Å². The molecule has 3 heterocycles. The molecule has 0 aliphatic carbocycles. The first kappa shape index (κ1) is 15.4. The minimum atomic E-state index is -0.147. The van der Waals surface area contributed by atoms with Crippen LogP contribution in [0.3, 0.4) is 0 Å². The summed E-state index contributed by atoms with van der Waals surface area (Å²) in [5, 5.41) is 10.6. The maximum absolute atomic E-state index is 12.5. The maximum Gasteiger partial charge on any atom is 0.232 e. The number of para-hydroxylation sites is 2. The summed E-state index contributed by atoms with van der Waals surface area (Å²) in [6.07, 6.45) is 1.95. The Bertz CT molecular complexity index is 874. The fourth-order valence-corrected chi connectivity index (χ4v) is 2.95. The van der Waals surface area contributed by atoms with Gasteiger partial charge in [-0.2, -0.15) is 10.1 Å². The lowest BCUT2D eigenvalue weighted by Gasteiger charge is -2.19. The smallest absolute Gasteiger partial charge is 0.232 e. The fourth-order valence-electron chi connectivity index (χ4n) is 2.95. The molecule has 0 radical (unpaired) electrons. The van der Waals surface area contributed by atoms with Crippen LogP contribution in [0.5, 0.6) is 5.75 Å². The van der Waals surface area contributed by atoms with Gasteiger partial charge in [0.15, 0.2) is 0 Å². The first-order valence-electron chi connectivity index (χ1n) is 8.11. The second-order valence-corrected chi connectivity index (χ2v) is 5.73. The SMILES string of the molecule is CCOc1ccccc1N1CC(c2nc(-c3ccn[nH]3)no2)CC1=O. The van der Waals surface area contributed by atoms with Gasteiger partial charge in [0, 0.05) is 19.2 Å². The van der Waals surface area contributed by atoms with Crippen molar-refractivity contribution in [3.8, 4) is 17.3 Å². The average Bonchev–Trinajstić information content (AvgIpc) is 3.36. The highest BCUT2D eigenvalue weighted by Gasteiger charge is 2.36. The molecular weight excluding hydrogens is 322 g/mol. The summed E-state index contributed by atoms with van der Waals surface area (Å²) >= 11 is 0. The molecule has 2 aromatic heterocycles. The molecule has 1 fully saturated rings. The standard InChI is InChI=1S/C17H17N5O3/c1-2-24-14-6-4-3-5-13(14)22-10-11(9-15(22)23)17-19-16(21-25-17)12-7-8-18-20-12/h3-8,11H,2,9-10H2,1H3,(H,18,20). The fraction of sp³-hybridized carbons (Fsp3) is 0.294. The van der Waals surface area contributed by atoms with Gasteiger partial charge in [0.05, 0.1) is 18.2 Å². The molecule has 8 nitrogen and oxygen atoms in total. The van der Waals surface area contributed by atoms with Gasteiger partial charge in [0.2, 0.25) is 17.6 Å². The van der Waals surface area contributed by atoms with Crippen molar-refractivity contribution in [2.24, 2.45) is 0 Å². The number of carbonyl (C=O) groups excluding carboxylic acids is 1. The number of ether oxygens (including phenoxy) is 1. The molecule has 4 rings (SSSR count). The number of anilines is 1. The third-order valence-electron chi connectivity index (χ3n) is 4.11. The molecule has 1 aliphatic rings. The summed E-state index contributed by atoms with van der Waals surface area (Å²) in [6.45, 7) is 2.94. The van der Waals surface area contributed by atoms with Gasteiger partial charge >= 0.3 is 0 Å². The summed E-state index contributed by atoms with van der Waals surface area (Å²) in [6, 6.07) is 9.29. The summed E-state index contributed by atoms with van der Waals surface area (Å²) in [5.74, 6) is 1.45. The van der Waals surface area contributed by atoms with Crippen molar-refractivity contribution in [2.45, 2.75) is 19.3 Å². The minimum absolute atomic E-state index is 0.0124. The van der Waals surface area contributed by atoms with Crippen LogP contribution in [0.15, 0.2) is 41.1 Å². The number of hydrogen-bond acceptors (Lipinski definition) is 6. The molecule has 1 N–H and O–H groups in total. The summed E-state index contributed by atoms with van der Waals surface area (Å²) < 4.78 is 11.0. The summed E-state index contributed by atoms with van der Waals surface area (Å²) in [4.78, 5) is 18.6. The van der Waals surface area contributed by atoms with Gasteiger partial charge in [-0.05, 0) is 25.1 Å². The second-order valence-electron chi connectivity index (χ2n) is 5.73. The zero-order chi connectivity index (χ0) is 17.2. The molecule has 128 valence electrons. The molecular formula is C17H17N5O3. The quantitative estimate of drug-likeness (QED) is 0.766. The van der Waals surface area contributed by atoms with E-state index in [-0.39, 0.29) is 11.8 Å². The number of H-pyrrole nitrogens is 1. The van der Waals surface area contributed by atoms with Crippen LogP contribution in [0.1, 0.15) is 25.2 Å². The predicted octanol–water partition coefficient (Wildman–Crippen LogP) is 2.38. The van der Waals surface area contributed by atoms with E-state index in [0.29, 0.717) is 42.7 Å². The number of aromatic amines is 1. The number of hydrogen-bond donors (Lipinski definition) is 1. The maximum atomic E-state index is 12.5. The van der Waals surface area contributed by atoms with Crippen LogP contribution in [-0.2, 0) is 4.79 Å². The lowest BCUT2D eigenvalue weighted by atomic mass is 10.1. The largest absolute Gasteiger partial charge is 0.492 e. The molecule has 8 heteroatoms. The molecule has 1 aliphatic heterocycles. The Morgan fingerprint density at radius 3 is 3.04 bits per heavy atom. The van der Waals surface area contributed by atoms with Crippen LogP contribution in [0.4, 0.5) is 5.69 Å². The number of rotatable bonds is 5. The molecule has 1 amide bonds. The van der Waals surface area contributed by atoms with E-state index in [1.807, 2.05) is 31.2 Å². The van der Waals surface area contributed by atoms with Gasteiger partial charge in [-0.3, -0.25) is 9.89 Å². The van der Waals surface area contributed by atoms with E-state index in [0.717, 1.165) is 5.69 Å². The van der Waals surface area contributed by atoms with E-state index >= 15 is 0 Å². The van der Waals surface area contributed by atoms with Gasteiger partial charge < -0.3 is 14.2 Å². The van der Waals surface area contributed by atoms with Crippen molar-refractivity contribution in [2.75, 3.05) is 18.1 Å². The predicted molar refractivity (Wildman–Crippen MR) is 89.2 cm³/mol. The van der Waals surface area contributed by atoms with Crippen molar-refractivity contribution in [3.63, 3.8) is 0 Å². The normalized spacial score (nSPS) is 17.2. The van der Waals surface area contributed by atoms with Crippen molar-refractivity contribution in [1.82, 2.24) is 20.3 Å². The number of nitrogens with zero attached hydrogens (tertiary/aromatic N) is 4. The van der Waals surface area contributed by atoms with Gasteiger partial charge in [-0.25, -0.2) is 0 Å². The topological polar surface area (TPSA) is 97.1 Å². The third-order valence-corrected chi connectivity index (χ3v) is 4.11. The number of aromatic nitrogens is 4. The zero-order valence-electron chi connectivity index (χ0n) is 13.7. The van der Waals surface area contributed by atoms with Gasteiger partial charge in [0.1, 0.15) is 11.4 Å². The van der Waals surface area contributed by atoms with Gasteiger partial charge in [-0.15, -0.1) is 0 Å². The van der Waals surface area contributed by atoms with Crippen molar-refractivity contribution in [3.05, 3.63) is 42.4 Å². The molecule has 1 atom stereocenters. The highest BCUT2D eigenvalue weighted by Crippen LogP contribution is 2.36. The molecule has 1 aromatic carbocycles. The number of carbonyl (C=O) groups is 1. The summed E-state index contributed by atoms with van der Waals surface area (Å²) in [7, 11) is 0. The highest BCUT2D eigenvalue weighted by molar-refractivity contribution is 5.97. The Morgan fingerprint density at radius 2 is 2.24 bits per heavy atom. The van der Waals surface area contributed by atoms with Crippen molar-refractivity contribution in [1.29, 1.82) is 0 Å². The van der Waals surface area contributed by atoms with Crippen LogP contribution in [0.25, 0.3) is 11.5 Å². The number of benzene rings is 1. The van der Waals surface area contributed by atoms with Gasteiger partial charge in [-0.1, -0.05) is 17.3 Å². The van der Waals surface area contributed by atoms with E-state index in [9.17, 15) is 4.79 Å².